The van der Waals surface area contributed by atoms with Crippen molar-refractivity contribution in [3.8, 4) is 5.75 Å². The van der Waals surface area contributed by atoms with Crippen molar-refractivity contribution >= 4 is 23.2 Å². The van der Waals surface area contributed by atoms with Crippen molar-refractivity contribution in [1.82, 2.24) is 9.80 Å². The smallest absolute Gasteiger partial charge is 0.290 e. The van der Waals surface area contributed by atoms with Gasteiger partial charge in [-0.25, -0.2) is 0 Å². The highest BCUT2D eigenvalue weighted by atomic mass is 32.1. The summed E-state index contributed by atoms with van der Waals surface area (Å²) in [5, 5.41) is 2.08. The first kappa shape index (κ1) is 25.0. The van der Waals surface area contributed by atoms with Crippen LogP contribution >= 0.6 is 11.3 Å². The largest absolute Gasteiger partial charge is 0.491 e. The average molecular weight is 495 g/mol. The topological polar surface area (TPSA) is 63.0 Å². The number of thiophene rings is 1. The second-order valence-electron chi connectivity index (χ2n) is 9.35. The molecule has 7 heteroatoms. The summed E-state index contributed by atoms with van der Waals surface area (Å²) in [6.07, 6.45) is 3.04. The zero-order valence-electron chi connectivity index (χ0n) is 20.9. The zero-order valence-corrected chi connectivity index (χ0v) is 21.7. The van der Waals surface area contributed by atoms with Gasteiger partial charge in [0.25, 0.3) is 5.91 Å². The molecule has 3 heterocycles. The van der Waals surface area contributed by atoms with Gasteiger partial charge in [0.1, 0.15) is 18.9 Å². The number of nitrogens with zero attached hydrogens (tertiary/aromatic N) is 2. The van der Waals surface area contributed by atoms with E-state index in [1.54, 1.807) is 28.4 Å². The maximum absolute atomic E-state index is 13.6. The molecule has 0 radical (unpaired) electrons. The average Bonchev–Trinajstić information content (AvgIpc) is 3.57. The standard InChI is InChI=1S/C28H34N2O4S/c1-5-20(4)30(28(32)25-7-6-15-33-25)17-27(31)29-14-12-26-23(13-16-35-26)24(29)18-34-22-10-8-21(9-11-22)19(2)3/h6-11,13,15-16,19-20,24H,5,12,14,17-18H2,1-4H3/t20-,24-/m0/s1. The molecular weight excluding hydrogens is 460 g/mol. The van der Waals surface area contributed by atoms with E-state index in [1.807, 2.05) is 30.9 Å². The molecule has 1 aliphatic rings. The lowest BCUT2D eigenvalue weighted by Gasteiger charge is -2.38. The molecule has 0 N–H and O–H groups in total. The predicted molar refractivity (Wildman–Crippen MR) is 138 cm³/mol. The number of carbonyl (C=O) groups is 2. The number of rotatable bonds is 9. The van der Waals surface area contributed by atoms with E-state index in [2.05, 4.69) is 37.4 Å². The first-order valence-corrected chi connectivity index (χ1v) is 13.2. The van der Waals surface area contributed by atoms with Gasteiger partial charge >= 0.3 is 0 Å². The summed E-state index contributed by atoms with van der Waals surface area (Å²) in [4.78, 5) is 31.5. The lowest BCUT2D eigenvalue weighted by Crippen LogP contribution is -2.49. The van der Waals surface area contributed by atoms with Crippen molar-refractivity contribution in [3.05, 3.63) is 75.9 Å². The lowest BCUT2D eigenvalue weighted by atomic mass is 10.00. The molecule has 3 aromatic rings. The van der Waals surface area contributed by atoms with Crippen molar-refractivity contribution in [3.63, 3.8) is 0 Å². The van der Waals surface area contributed by atoms with Gasteiger partial charge in [-0.05, 0) is 72.5 Å². The van der Waals surface area contributed by atoms with Gasteiger partial charge in [0.15, 0.2) is 5.76 Å². The number of furan rings is 1. The van der Waals surface area contributed by atoms with Crippen LogP contribution in [0.25, 0.3) is 0 Å². The minimum Gasteiger partial charge on any atom is -0.491 e. The summed E-state index contributed by atoms with van der Waals surface area (Å²) in [6, 6.07) is 13.3. The van der Waals surface area contributed by atoms with Gasteiger partial charge < -0.3 is 19.0 Å². The quantitative estimate of drug-likeness (QED) is 0.371. The molecule has 0 aliphatic carbocycles. The van der Waals surface area contributed by atoms with Crippen molar-refractivity contribution in [1.29, 1.82) is 0 Å². The molecule has 0 saturated carbocycles. The molecule has 2 amide bonds. The van der Waals surface area contributed by atoms with Gasteiger partial charge in [0.2, 0.25) is 5.91 Å². The molecule has 0 unspecified atom stereocenters. The van der Waals surface area contributed by atoms with Crippen LogP contribution < -0.4 is 4.74 Å². The summed E-state index contributed by atoms with van der Waals surface area (Å²) in [7, 11) is 0. The van der Waals surface area contributed by atoms with Gasteiger partial charge in [-0.2, -0.15) is 0 Å². The van der Waals surface area contributed by atoms with Gasteiger partial charge in [-0.3, -0.25) is 9.59 Å². The normalized spacial score (nSPS) is 16.1. The summed E-state index contributed by atoms with van der Waals surface area (Å²) >= 11 is 1.72. The number of ether oxygens (including phenoxy) is 1. The van der Waals surface area contributed by atoms with Crippen LogP contribution in [0.15, 0.2) is 58.5 Å². The van der Waals surface area contributed by atoms with Crippen LogP contribution in [-0.4, -0.2) is 47.4 Å². The Kier molecular flexibility index (Phi) is 7.96. The fourth-order valence-corrected chi connectivity index (χ4v) is 5.35. The second-order valence-corrected chi connectivity index (χ2v) is 10.4. The van der Waals surface area contributed by atoms with Crippen molar-refractivity contribution < 1.29 is 18.7 Å². The molecule has 6 nitrogen and oxygen atoms in total. The molecule has 0 spiro atoms. The van der Waals surface area contributed by atoms with E-state index in [0.29, 0.717) is 19.1 Å². The maximum atomic E-state index is 13.6. The monoisotopic (exact) mass is 494 g/mol. The Morgan fingerprint density at radius 3 is 2.60 bits per heavy atom. The maximum Gasteiger partial charge on any atom is 0.290 e. The molecule has 0 saturated heterocycles. The fourth-order valence-electron chi connectivity index (χ4n) is 4.43. The van der Waals surface area contributed by atoms with Gasteiger partial charge in [-0.15, -0.1) is 11.3 Å². The minimum absolute atomic E-state index is 0.00754. The SMILES string of the molecule is CC[C@H](C)N(CC(=O)N1CCc2sccc2[C@@H]1COc1ccc(C(C)C)cc1)C(=O)c1ccco1. The van der Waals surface area contributed by atoms with E-state index in [-0.39, 0.29) is 36.2 Å². The highest BCUT2D eigenvalue weighted by Gasteiger charge is 2.34. The zero-order chi connectivity index (χ0) is 24.9. The molecular formula is C28H34N2O4S. The highest BCUT2D eigenvalue weighted by Crippen LogP contribution is 2.34. The number of fused-ring (bicyclic) bond motifs is 1. The molecule has 0 fully saturated rings. The van der Waals surface area contributed by atoms with Gasteiger partial charge in [0.05, 0.1) is 12.3 Å². The third kappa shape index (κ3) is 5.61. The summed E-state index contributed by atoms with van der Waals surface area (Å²) < 4.78 is 11.5. The van der Waals surface area contributed by atoms with Gasteiger partial charge in [-0.1, -0.05) is 32.9 Å². The molecule has 2 aromatic heterocycles. The van der Waals surface area contributed by atoms with E-state index in [9.17, 15) is 9.59 Å². The molecule has 0 bridgehead atoms. The minimum atomic E-state index is -0.260. The molecule has 1 aliphatic heterocycles. The third-order valence-electron chi connectivity index (χ3n) is 6.79. The summed E-state index contributed by atoms with van der Waals surface area (Å²) in [5.41, 5.74) is 2.40. The van der Waals surface area contributed by atoms with E-state index in [4.69, 9.17) is 9.15 Å². The van der Waals surface area contributed by atoms with E-state index in [0.717, 1.165) is 24.2 Å². The Balaban J connectivity index is 1.52. The van der Waals surface area contributed by atoms with Crippen LogP contribution in [-0.2, 0) is 11.2 Å². The summed E-state index contributed by atoms with van der Waals surface area (Å²) in [6.45, 7) is 9.28. The van der Waals surface area contributed by atoms with Crippen LogP contribution in [0.2, 0.25) is 0 Å². The van der Waals surface area contributed by atoms with Gasteiger partial charge in [0, 0.05) is 17.5 Å². The van der Waals surface area contributed by atoms with Crippen LogP contribution in [0.1, 0.15) is 72.6 Å². The van der Waals surface area contributed by atoms with E-state index in [1.165, 1.54) is 16.7 Å². The molecule has 2 atom stereocenters. The van der Waals surface area contributed by atoms with Crippen LogP contribution in [0.4, 0.5) is 0 Å². The van der Waals surface area contributed by atoms with Crippen molar-refractivity contribution in [2.24, 2.45) is 0 Å². The molecule has 35 heavy (non-hydrogen) atoms. The van der Waals surface area contributed by atoms with E-state index >= 15 is 0 Å². The number of hydrogen-bond donors (Lipinski definition) is 0. The Morgan fingerprint density at radius 1 is 1.17 bits per heavy atom. The molecule has 4 rings (SSSR count). The summed E-state index contributed by atoms with van der Waals surface area (Å²) in [5.74, 6) is 1.16. The van der Waals surface area contributed by atoms with Crippen LogP contribution in [0.5, 0.6) is 5.75 Å². The van der Waals surface area contributed by atoms with Crippen molar-refractivity contribution in [2.45, 2.75) is 58.5 Å². The lowest BCUT2D eigenvalue weighted by molar-refractivity contribution is -0.136. The number of hydrogen-bond acceptors (Lipinski definition) is 5. The second kappa shape index (κ2) is 11.1. The molecule has 1 aromatic carbocycles. The first-order valence-electron chi connectivity index (χ1n) is 12.3. The number of carbonyl (C=O) groups excluding carboxylic acids is 2. The Bertz CT molecular complexity index is 1120. The Labute approximate surface area is 211 Å². The Morgan fingerprint density at radius 2 is 1.94 bits per heavy atom. The van der Waals surface area contributed by atoms with Crippen LogP contribution in [0.3, 0.4) is 0 Å². The fraction of sp³-hybridized carbons (Fsp3) is 0.429. The third-order valence-corrected chi connectivity index (χ3v) is 7.79. The first-order chi connectivity index (χ1) is 16.9. The highest BCUT2D eigenvalue weighted by molar-refractivity contribution is 7.10. The molecule has 186 valence electrons. The predicted octanol–water partition coefficient (Wildman–Crippen LogP) is 5.91. The van der Waals surface area contributed by atoms with Crippen molar-refractivity contribution in [2.75, 3.05) is 19.7 Å². The Hall–Kier alpha value is -3.06. The number of amides is 2. The van der Waals surface area contributed by atoms with Crippen LogP contribution in [0, 0.1) is 0 Å². The van der Waals surface area contributed by atoms with E-state index < -0.39 is 0 Å². The number of benzene rings is 1.